The number of nitrogens with zero attached hydrogens (tertiary/aromatic N) is 2. The highest BCUT2D eigenvalue weighted by Gasteiger charge is 2.53. The number of aliphatic hydroxyl groups excluding tert-OH is 1. The van der Waals surface area contributed by atoms with E-state index in [-0.39, 0.29) is 13.2 Å². The van der Waals surface area contributed by atoms with E-state index >= 15 is 0 Å². The van der Waals surface area contributed by atoms with Gasteiger partial charge in [-0.15, -0.1) is 0 Å². The van der Waals surface area contributed by atoms with Crippen molar-refractivity contribution in [2.24, 2.45) is 0 Å². The molecule has 2 aromatic heterocycles. The summed E-state index contributed by atoms with van der Waals surface area (Å²) in [5.41, 5.74) is -3.04. The Kier molecular flexibility index (Phi) is 9.36. The summed E-state index contributed by atoms with van der Waals surface area (Å²) in [6.07, 6.45) is -8.28. The Hall–Kier alpha value is -2.77. The van der Waals surface area contributed by atoms with Gasteiger partial charge in [0.1, 0.15) is 36.6 Å². The van der Waals surface area contributed by atoms with Crippen LogP contribution >= 0.6 is 7.82 Å². The highest BCUT2D eigenvalue weighted by molar-refractivity contribution is 7.47. The first-order valence-electron chi connectivity index (χ1n) is 11.8. The molecule has 2 saturated heterocycles. The van der Waals surface area contributed by atoms with Crippen molar-refractivity contribution in [3.8, 4) is 0 Å². The topological polar surface area (TPSA) is 232 Å². The third-order valence-electron chi connectivity index (χ3n) is 6.29. The van der Waals surface area contributed by atoms with Crippen molar-refractivity contribution >= 4 is 7.82 Å². The van der Waals surface area contributed by atoms with Crippen LogP contribution in [-0.4, -0.2) is 100 Å². The maximum Gasteiger partial charge on any atom is 0.473 e. The Morgan fingerprint density at radius 1 is 0.825 bits per heavy atom. The van der Waals surface area contributed by atoms with Gasteiger partial charge in [0.25, 0.3) is 11.1 Å². The zero-order chi connectivity index (χ0) is 29.2. The van der Waals surface area contributed by atoms with E-state index in [1.54, 1.807) is 0 Å². The first kappa shape index (κ1) is 30.2. The zero-order valence-corrected chi connectivity index (χ0v) is 22.4. The summed E-state index contributed by atoms with van der Waals surface area (Å²) in [6.45, 7) is -0.370. The summed E-state index contributed by atoms with van der Waals surface area (Å²) in [6, 6.07) is 2.11. The molecule has 222 valence electrons. The largest absolute Gasteiger partial charge is 0.473 e. The van der Waals surface area contributed by atoms with Gasteiger partial charge >= 0.3 is 19.2 Å². The lowest BCUT2D eigenvalue weighted by Gasteiger charge is -2.28. The minimum atomic E-state index is -5.08. The van der Waals surface area contributed by atoms with E-state index < -0.39 is 79.4 Å². The summed E-state index contributed by atoms with van der Waals surface area (Å²) >= 11 is 0. The molecule has 2 fully saturated rings. The van der Waals surface area contributed by atoms with Gasteiger partial charge in [0, 0.05) is 45.9 Å². The fourth-order valence-electron chi connectivity index (χ4n) is 4.57. The predicted octanol–water partition coefficient (Wildman–Crippen LogP) is -2.58. The molecule has 4 rings (SSSR count). The van der Waals surface area contributed by atoms with Crippen LogP contribution in [0.4, 0.5) is 0 Å². The normalized spacial score (nSPS) is 31.8. The van der Waals surface area contributed by atoms with E-state index in [1.807, 2.05) is 4.98 Å². The second-order valence-corrected chi connectivity index (χ2v) is 10.2. The Labute approximate surface area is 224 Å². The van der Waals surface area contributed by atoms with Gasteiger partial charge < -0.3 is 33.7 Å². The first-order valence-corrected chi connectivity index (χ1v) is 13.3. The van der Waals surface area contributed by atoms with E-state index in [1.165, 1.54) is 27.5 Å². The monoisotopic (exact) mass is 592 g/mol. The lowest BCUT2D eigenvalue weighted by Crippen LogP contribution is -2.41. The number of ether oxygens (including phenoxy) is 5. The lowest BCUT2D eigenvalue weighted by atomic mass is 10.1. The van der Waals surface area contributed by atoms with Crippen LogP contribution in [-0.2, 0) is 37.3 Å². The molecule has 9 atom stereocenters. The molecule has 0 aromatic carbocycles. The second kappa shape index (κ2) is 12.4. The summed E-state index contributed by atoms with van der Waals surface area (Å²) < 4.78 is 53.1. The third kappa shape index (κ3) is 6.26. The molecule has 4 heterocycles. The Bertz CT molecular complexity index is 1450. The molecule has 18 nitrogen and oxygen atoms in total. The van der Waals surface area contributed by atoms with Crippen LogP contribution in [0.25, 0.3) is 0 Å². The highest BCUT2D eigenvalue weighted by Crippen LogP contribution is 2.52. The van der Waals surface area contributed by atoms with E-state index in [0.29, 0.717) is 0 Å². The van der Waals surface area contributed by atoms with Crippen molar-refractivity contribution in [3.63, 3.8) is 0 Å². The van der Waals surface area contributed by atoms with E-state index in [2.05, 4.69) is 4.98 Å². The molecule has 4 N–H and O–H groups in total. The summed E-state index contributed by atoms with van der Waals surface area (Å²) in [5, 5.41) is 10.9. The number of phosphoric ester groups is 1. The molecule has 0 radical (unpaired) electrons. The van der Waals surface area contributed by atoms with Gasteiger partial charge in [-0.25, -0.2) is 14.2 Å². The van der Waals surface area contributed by atoms with Crippen molar-refractivity contribution in [3.05, 3.63) is 66.2 Å². The van der Waals surface area contributed by atoms with E-state index in [0.717, 1.165) is 27.5 Å². The average molecular weight is 592 g/mol. The van der Waals surface area contributed by atoms with Crippen LogP contribution in [0.5, 0.6) is 0 Å². The molecular weight excluding hydrogens is 563 g/mol. The van der Waals surface area contributed by atoms with Gasteiger partial charge in [0.05, 0.1) is 13.2 Å². The maximum atomic E-state index is 13.3. The Morgan fingerprint density at radius 3 is 1.80 bits per heavy atom. The van der Waals surface area contributed by atoms with Crippen LogP contribution in [0.2, 0.25) is 0 Å². The van der Waals surface area contributed by atoms with Crippen molar-refractivity contribution in [2.75, 3.05) is 34.5 Å². The number of nitrogens with one attached hydrogen (secondary N) is 2. The van der Waals surface area contributed by atoms with Crippen LogP contribution < -0.4 is 22.5 Å². The Balaban J connectivity index is 1.58. The van der Waals surface area contributed by atoms with Crippen molar-refractivity contribution in [1.29, 1.82) is 0 Å². The molecule has 0 amide bonds. The summed E-state index contributed by atoms with van der Waals surface area (Å²) in [4.78, 5) is 62.4. The molecule has 1 unspecified atom stereocenters. The molecular formula is C21H29N4O14P. The molecule has 2 aliphatic rings. The van der Waals surface area contributed by atoms with Crippen molar-refractivity contribution in [2.45, 2.75) is 49.1 Å². The highest BCUT2D eigenvalue weighted by atomic mass is 31.2. The van der Waals surface area contributed by atoms with E-state index in [4.69, 9.17) is 32.7 Å². The lowest BCUT2D eigenvalue weighted by molar-refractivity contribution is -0.0674. The zero-order valence-electron chi connectivity index (χ0n) is 21.5. The number of methoxy groups -OCH3 is 3. The first-order chi connectivity index (χ1) is 19.0. The molecule has 0 saturated carbocycles. The van der Waals surface area contributed by atoms with Gasteiger partial charge in [0.15, 0.2) is 12.5 Å². The molecule has 0 aliphatic carbocycles. The minimum Gasteiger partial charge on any atom is -0.386 e. The van der Waals surface area contributed by atoms with Crippen LogP contribution in [0.3, 0.4) is 0 Å². The standard InChI is InChI=1S/C21H29N4O14P/c1-33-8-10-15(14(28)18(36-10)24-6-4-12(26)22-20(24)29)38-40(31,32)39-16-11(9-34-2)37-19(17(16)35-3)25-7-5-13(27)23-21(25)30/h4-7,10-11,14-19,28H,8-9H2,1-3H3,(H,31,32)(H,22,26,29)(H,23,27,30)/t10-,11-,14-,15-,16-,17-,18-,19-/m1/s1. The van der Waals surface area contributed by atoms with Crippen LogP contribution in [0, 0.1) is 0 Å². The van der Waals surface area contributed by atoms with Crippen molar-refractivity contribution < 1.29 is 47.3 Å². The van der Waals surface area contributed by atoms with Crippen LogP contribution in [0.1, 0.15) is 12.5 Å². The number of aromatic amines is 2. The molecule has 19 heteroatoms. The number of hydrogen-bond donors (Lipinski definition) is 4. The molecule has 40 heavy (non-hydrogen) atoms. The molecule has 2 aliphatic heterocycles. The molecule has 0 spiro atoms. The molecule has 0 bridgehead atoms. The second-order valence-electron chi connectivity index (χ2n) is 8.88. The summed E-state index contributed by atoms with van der Waals surface area (Å²) in [5.74, 6) is 0. The van der Waals surface area contributed by atoms with Crippen LogP contribution in [0.15, 0.2) is 43.7 Å². The maximum absolute atomic E-state index is 13.3. The van der Waals surface area contributed by atoms with Gasteiger partial charge in [-0.2, -0.15) is 0 Å². The number of phosphoric acid groups is 1. The third-order valence-corrected chi connectivity index (χ3v) is 7.31. The quantitative estimate of drug-likeness (QED) is 0.196. The van der Waals surface area contributed by atoms with Crippen molar-refractivity contribution in [1.82, 2.24) is 19.1 Å². The fourth-order valence-corrected chi connectivity index (χ4v) is 5.76. The van der Waals surface area contributed by atoms with Gasteiger partial charge in [-0.05, 0) is 0 Å². The fraction of sp³-hybridized carbons (Fsp3) is 0.619. The van der Waals surface area contributed by atoms with E-state index in [9.17, 15) is 33.7 Å². The minimum absolute atomic E-state index is 0.155. The SMILES string of the molecule is COC[C@H]1O[C@@H](n2ccc(=O)[nH]c2=O)[C@H](O)[C@@H]1OP(=O)(O)O[C@H]1[C@@H](OC)[C@H](n2ccc(=O)[nH]c2=O)O[C@@H]1COC. The number of aromatic nitrogens is 4. The van der Waals surface area contributed by atoms with Gasteiger partial charge in [0.2, 0.25) is 0 Å². The number of hydrogen-bond acceptors (Lipinski definition) is 13. The van der Waals surface area contributed by atoms with Gasteiger partial charge in [-0.1, -0.05) is 0 Å². The Morgan fingerprint density at radius 2 is 1.30 bits per heavy atom. The summed E-state index contributed by atoms with van der Waals surface area (Å²) in [7, 11) is -1.17. The smallest absolute Gasteiger partial charge is 0.386 e. The number of H-pyrrole nitrogens is 2. The predicted molar refractivity (Wildman–Crippen MR) is 131 cm³/mol. The number of rotatable bonds is 11. The number of aliphatic hydroxyl groups is 1. The molecule has 2 aromatic rings. The average Bonchev–Trinajstić information content (AvgIpc) is 3.36. The van der Waals surface area contributed by atoms with Gasteiger partial charge in [-0.3, -0.25) is 37.7 Å².